The number of methoxy groups -OCH3 is 1. The van der Waals surface area contributed by atoms with Crippen molar-refractivity contribution in [2.45, 2.75) is 38.5 Å². The van der Waals surface area contributed by atoms with E-state index in [2.05, 4.69) is 15.2 Å². The fourth-order valence-corrected chi connectivity index (χ4v) is 3.83. The van der Waals surface area contributed by atoms with Crippen molar-refractivity contribution in [1.29, 1.82) is 0 Å². The Labute approximate surface area is 180 Å². The van der Waals surface area contributed by atoms with Crippen LogP contribution in [0.2, 0.25) is 0 Å². The molecule has 0 aliphatic carbocycles. The molecular formula is C22H25N5O4. The van der Waals surface area contributed by atoms with Gasteiger partial charge in [0.1, 0.15) is 11.9 Å². The molecule has 3 heterocycles. The lowest BCUT2D eigenvalue weighted by atomic mass is 9.99. The average molecular weight is 423 g/mol. The molecule has 1 N–H and O–H groups in total. The predicted octanol–water partition coefficient (Wildman–Crippen LogP) is 2.24. The first-order chi connectivity index (χ1) is 15.1. The third-order valence-electron chi connectivity index (χ3n) is 5.50. The third kappa shape index (κ3) is 4.22. The van der Waals surface area contributed by atoms with E-state index in [1.807, 2.05) is 30.0 Å². The van der Waals surface area contributed by atoms with E-state index in [1.165, 1.54) is 11.9 Å². The first-order valence-electron chi connectivity index (χ1n) is 10.2. The van der Waals surface area contributed by atoms with Gasteiger partial charge < -0.3 is 19.5 Å². The zero-order valence-corrected chi connectivity index (χ0v) is 17.5. The topological polar surface area (TPSA) is 103 Å². The zero-order chi connectivity index (χ0) is 21.8. The van der Waals surface area contributed by atoms with Crippen LogP contribution in [0.5, 0.6) is 11.6 Å². The highest BCUT2D eigenvalue weighted by Gasteiger charge is 2.32. The summed E-state index contributed by atoms with van der Waals surface area (Å²) in [6.45, 7) is 2.19. The summed E-state index contributed by atoms with van der Waals surface area (Å²) < 4.78 is 11.4. The number of likely N-dealkylation sites (tertiary alicyclic amines) is 1. The molecule has 1 aromatic carbocycles. The monoisotopic (exact) mass is 423 g/mol. The minimum Gasteiger partial charge on any atom is -0.496 e. The number of piperidine rings is 1. The van der Waals surface area contributed by atoms with Crippen molar-refractivity contribution in [2.75, 3.05) is 13.7 Å². The molecule has 0 spiro atoms. The van der Waals surface area contributed by atoms with Crippen LogP contribution in [0.3, 0.4) is 0 Å². The number of nitrogens with zero attached hydrogens (tertiary/aromatic N) is 5. The summed E-state index contributed by atoms with van der Waals surface area (Å²) in [5, 5.41) is 18.1. The molecule has 1 aliphatic heterocycles. The molecule has 162 valence electrons. The minimum absolute atomic E-state index is 0.0570. The molecule has 2 atom stereocenters. The van der Waals surface area contributed by atoms with Crippen molar-refractivity contribution in [2.24, 2.45) is 0 Å². The lowest BCUT2D eigenvalue weighted by Gasteiger charge is -2.38. The fourth-order valence-electron chi connectivity index (χ4n) is 3.83. The van der Waals surface area contributed by atoms with Crippen LogP contribution in [0.25, 0.3) is 5.69 Å². The van der Waals surface area contributed by atoms with E-state index in [1.54, 1.807) is 30.7 Å². The van der Waals surface area contributed by atoms with Crippen LogP contribution in [0.4, 0.5) is 0 Å². The maximum atomic E-state index is 13.5. The summed E-state index contributed by atoms with van der Waals surface area (Å²) in [4.78, 5) is 21.0. The molecule has 3 aromatic rings. The highest BCUT2D eigenvalue weighted by atomic mass is 16.5. The Morgan fingerprint density at radius 3 is 2.68 bits per heavy atom. The molecule has 0 radical (unpaired) electrons. The highest BCUT2D eigenvalue weighted by Crippen LogP contribution is 2.29. The number of aliphatic hydroxyl groups is 1. The first kappa shape index (κ1) is 20.8. The molecular weight excluding hydrogens is 398 g/mol. The predicted molar refractivity (Wildman–Crippen MR) is 112 cm³/mol. The average Bonchev–Trinajstić information content (AvgIpc) is 3.34. The van der Waals surface area contributed by atoms with Crippen molar-refractivity contribution in [1.82, 2.24) is 24.9 Å². The number of carbonyl (C=O) groups is 1. The Hall–Kier alpha value is -3.46. The van der Waals surface area contributed by atoms with E-state index >= 15 is 0 Å². The van der Waals surface area contributed by atoms with Gasteiger partial charge in [-0.2, -0.15) is 15.0 Å². The number of hydrogen-bond acceptors (Lipinski definition) is 7. The van der Waals surface area contributed by atoms with Crippen LogP contribution in [0, 0.1) is 0 Å². The quantitative estimate of drug-likeness (QED) is 0.649. The van der Waals surface area contributed by atoms with Crippen LogP contribution in [-0.4, -0.2) is 61.7 Å². The summed E-state index contributed by atoms with van der Waals surface area (Å²) >= 11 is 0. The number of rotatable bonds is 6. The molecule has 9 nitrogen and oxygen atoms in total. The van der Waals surface area contributed by atoms with Crippen molar-refractivity contribution in [3.63, 3.8) is 0 Å². The Balaban J connectivity index is 1.56. The van der Waals surface area contributed by atoms with E-state index in [4.69, 9.17) is 9.47 Å². The van der Waals surface area contributed by atoms with Crippen molar-refractivity contribution >= 4 is 5.91 Å². The Morgan fingerprint density at radius 2 is 1.94 bits per heavy atom. The number of aromatic nitrogens is 4. The van der Waals surface area contributed by atoms with Gasteiger partial charge in [0.25, 0.3) is 5.91 Å². The summed E-state index contributed by atoms with van der Waals surface area (Å²) in [6.07, 6.45) is 6.05. The summed E-state index contributed by atoms with van der Waals surface area (Å²) in [5.74, 6) is 0.745. The van der Waals surface area contributed by atoms with E-state index in [0.717, 1.165) is 12.8 Å². The van der Waals surface area contributed by atoms with Gasteiger partial charge in [-0.05, 0) is 38.0 Å². The maximum absolute atomic E-state index is 13.5. The van der Waals surface area contributed by atoms with Crippen LogP contribution < -0.4 is 9.47 Å². The molecule has 2 aromatic heterocycles. The molecule has 1 amide bonds. The fraction of sp³-hybridized carbons (Fsp3) is 0.364. The lowest BCUT2D eigenvalue weighted by molar-refractivity contribution is 0.0365. The van der Waals surface area contributed by atoms with Gasteiger partial charge in [0.05, 0.1) is 49.5 Å². The zero-order valence-electron chi connectivity index (χ0n) is 17.5. The van der Waals surface area contributed by atoms with Gasteiger partial charge in [-0.1, -0.05) is 12.1 Å². The second-order valence-electron chi connectivity index (χ2n) is 7.41. The maximum Gasteiger partial charge on any atom is 0.256 e. The second kappa shape index (κ2) is 9.13. The van der Waals surface area contributed by atoms with Crippen LogP contribution in [0.1, 0.15) is 35.7 Å². The van der Waals surface area contributed by atoms with E-state index in [0.29, 0.717) is 35.0 Å². The number of para-hydroxylation sites is 1. The summed E-state index contributed by atoms with van der Waals surface area (Å²) in [7, 11) is 1.53. The molecule has 1 saturated heterocycles. The number of carbonyl (C=O) groups excluding carboxylic acids is 1. The van der Waals surface area contributed by atoms with E-state index < -0.39 is 0 Å². The van der Waals surface area contributed by atoms with Crippen molar-refractivity contribution in [3.05, 3.63) is 60.0 Å². The smallest absolute Gasteiger partial charge is 0.256 e. The van der Waals surface area contributed by atoms with Gasteiger partial charge in [0, 0.05) is 12.2 Å². The SMILES string of the molecule is COc1ccnc(O[C@@H]2CC[C@@H](C)N(C(=O)c3ccccc3-n3nccn3)C2)c1CO. The molecule has 9 heteroatoms. The van der Waals surface area contributed by atoms with Gasteiger partial charge in [0.15, 0.2) is 0 Å². The number of benzene rings is 1. The Bertz CT molecular complexity index is 1040. The number of ether oxygens (including phenoxy) is 2. The van der Waals surface area contributed by atoms with Gasteiger partial charge in [0.2, 0.25) is 5.88 Å². The van der Waals surface area contributed by atoms with E-state index in [9.17, 15) is 9.90 Å². The van der Waals surface area contributed by atoms with Crippen LogP contribution >= 0.6 is 0 Å². The van der Waals surface area contributed by atoms with Crippen molar-refractivity contribution in [3.8, 4) is 17.3 Å². The number of aliphatic hydroxyl groups excluding tert-OH is 1. The highest BCUT2D eigenvalue weighted by molar-refractivity contribution is 5.98. The number of hydrogen-bond donors (Lipinski definition) is 1. The minimum atomic E-state index is -0.250. The van der Waals surface area contributed by atoms with Gasteiger partial charge in [-0.15, -0.1) is 0 Å². The molecule has 31 heavy (non-hydrogen) atoms. The summed E-state index contributed by atoms with van der Waals surface area (Å²) in [5.41, 5.74) is 1.66. The largest absolute Gasteiger partial charge is 0.496 e. The molecule has 0 bridgehead atoms. The first-order valence-corrected chi connectivity index (χ1v) is 10.2. The standard InChI is InChI=1S/C22H25N5O4/c1-15-7-8-16(31-21-18(14-28)20(30-2)9-10-23-21)13-26(15)22(29)17-5-3-4-6-19(17)27-24-11-12-25-27/h3-6,9-12,15-16,28H,7-8,13-14H2,1-2H3/t15-,16-/m1/s1. The molecule has 1 aliphatic rings. The molecule has 0 saturated carbocycles. The van der Waals surface area contributed by atoms with Gasteiger partial charge >= 0.3 is 0 Å². The molecule has 4 rings (SSSR count). The molecule has 1 fully saturated rings. The Kier molecular flexibility index (Phi) is 6.13. The van der Waals surface area contributed by atoms with Gasteiger partial charge in [-0.25, -0.2) is 4.98 Å². The van der Waals surface area contributed by atoms with Crippen molar-refractivity contribution < 1.29 is 19.4 Å². The van der Waals surface area contributed by atoms with Gasteiger partial charge in [-0.3, -0.25) is 4.79 Å². The Morgan fingerprint density at radius 1 is 1.16 bits per heavy atom. The van der Waals surface area contributed by atoms with Crippen LogP contribution in [-0.2, 0) is 6.61 Å². The normalized spacial score (nSPS) is 18.6. The second-order valence-corrected chi connectivity index (χ2v) is 7.41. The third-order valence-corrected chi connectivity index (χ3v) is 5.50. The summed E-state index contributed by atoms with van der Waals surface area (Å²) in [6, 6.07) is 9.02. The number of pyridine rings is 1. The number of amides is 1. The van der Waals surface area contributed by atoms with Crippen LogP contribution in [0.15, 0.2) is 48.9 Å². The lowest BCUT2D eigenvalue weighted by Crippen LogP contribution is -2.49. The van der Waals surface area contributed by atoms with E-state index in [-0.39, 0.29) is 24.7 Å². The molecule has 0 unspecified atom stereocenters.